The van der Waals surface area contributed by atoms with E-state index < -0.39 is 0 Å². The summed E-state index contributed by atoms with van der Waals surface area (Å²) in [6.45, 7) is 6.98. The number of hydrogen-bond donors (Lipinski definition) is 0. The minimum absolute atomic E-state index is 0.940. The van der Waals surface area contributed by atoms with Crippen LogP contribution in [0.3, 0.4) is 0 Å². The molecule has 0 aliphatic rings. The Bertz CT molecular complexity index is 169. The average molecular weight is 252 g/mol. The second kappa shape index (κ2) is 14.8. The zero-order valence-corrected chi connectivity index (χ0v) is 13.2. The van der Waals surface area contributed by atoms with E-state index in [2.05, 4.69) is 32.9 Å². The van der Waals surface area contributed by atoms with Gasteiger partial charge in [-0.25, -0.2) is 0 Å². The van der Waals surface area contributed by atoms with Crippen molar-refractivity contribution in [1.82, 2.24) is 0 Å². The lowest BCUT2D eigenvalue weighted by atomic mass is 9.97. The molecule has 108 valence electrons. The van der Waals surface area contributed by atoms with Crippen molar-refractivity contribution in [1.29, 1.82) is 0 Å². The molecule has 0 aliphatic heterocycles. The predicted octanol–water partition coefficient (Wildman–Crippen LogP) is 6.90. The van der Waals surface area contributed by atoms with Gasteiger partial charge in [0, 0.05) is 0 Å². The molecule has 0 aliphatic carbocycles. The molecule has 0 heterocycles. The van der Waals surface area contributed by atoms with Gasteiger partial charge in [-0.15, -0.1) is 0 Å². The summed E-state index contributed by atoms with van der Waals surface area (Å²) >= 11 is 0. The second-order valence-electron chi connectivity index (χ2n) is 5.85. The summed E-state index contributed by atoms with van der Waals surface area (Å²) in [6.07, 6.45) is 21.4. The summed E-state index contributed by atoms with van der Waals surface area (Å²) < 4.78 is 0. The van der Waals surface area contributed by atoms with Crippen LogP contribution in [-0.2, 0) is 0 Å². The van der Waals surface area contributed by atoms with Crippen LogP contribution in [-0.4, -0.2) is 0 Å². The van der Waals surface area contributed by atoms with Gasteiger partial charge in [0.1, 0.15) is 0 Å². The van der Waals surface area contributed by atoms with Crippen molar-refractivity contribution in [2.75, 3.05) is 0 Å². The molecule has 0 N–H and O–H groups in total. The summed E-state index contributed by atoms with van der Waals surface area (Å²) in [6, 6.07) is 0. The molecule has 0 bridgehead atoms. The fourth-order valence-corrected chi connectivity index (χ4v) is 2.40. The number of hydrogen-bond acceptors (Lipinski definition) is 0. The summed E-state index contributed by atoms with van der Waals surface area (Å²) in [5.74, 6) is 0.940. The largest absolute Gasteiger partial charge is 0.0885 e. The Balaban J connectivity index is 3.21. The van der Waals surface area contributed by atoms with Gasteiger partial charge in [0.05, 0.1) is 0 Å². The van der Waals surface area contributed by atoms with Crippen molar-refractivity contribution in [3.8, 4) is 0 Å². The SMILES string of the molecule is CCCCC/C=C/CCCC(C)CCCCCC. The Morgan fingerprint density at radius 1 is 0.667 bits per heavy atom. The molecule has 1 atom stereocenters. The molecular weight excluding hydrogens is 216 g/mol. The Hall–Kier alpha value is -0.260. The van der Waals surface area contributed by atoms with Gasteiger partial charge < -0.3 is 0 Å². The van der Waals surface area contributed by atoms with Gasteiger partial charge in [-0.3, -0.25) is 0 Å². The first-order valence-corrected chi connectivity index (χ1v) is 8.46. The molecule has 18 heavy (non-hydrogen) atoms. The van der Waals surface area contributed by atoms with E-state index in [1.165, 1.54) is 77.0 Å². The van der Waals surface area contributed by atoms with E-state index in [9.17, 15) is 0 Å². The van der Waals surface area contributed by atoms with E-state index in [-0.39, 0.29) is 0 Å². The van der Waals surface area contributed by atoms with Gasteiger partial charge >= 0.3 is 0 Å². The smallest absolute Gasteiger partial charge is 0.0351 e. The molecule has 0 spiro atoms. The van der Waals surface area contributed by atoms with Gasteiger partial charge in [-0.2, -0.15) is 0 Å². The maximum Gasteiger partial charge on any atom is -0.0351 e. The molecule has 0 rings (SSSR count). The van der Waals surface area contributed by atoms with Gasteiger partial charge in [0.2, 0.25) is 0 Å². The molecule has 1 unspecified atom stereocenters. The average Bonchev–Trinajstić information content (AvgIpc) is 2.38. The summed E-state index contributed by atoms with van der Waals surface area (Å²) in [4.78, 5) is 0. The van der Waals surface area contributed by atoms with E-state index in [1.807, 2.05) is 0 Å². The second-order valence-corrected chi connectivity index (χ2v) is 5.85. The highest BCUT2D eigenvalue weighted by atomic mass is 14.1. The third-order valence-corrected chi connectivity index (χ3v) is 3.76. The van der Waals surface area contributed by atoms with Gasteiger partial charge in [-0.1, -0.05) is 84.3 Å². The molecule has 0 aromatic rings. The highest BCUT2D eigenvalue weighted by Gasteiger charge is 2.00. The maximum absolute atomic E-state index is 2.43. The molecule has 0 heteroatoms. The van der Waals surface area contributed by atoms with Crippen molar-refractivity contribution in [3.63, 3.8) is 0 Å². The van der Waals surface area contributed by atoms with E-state index in [0.717, 1.165) is 5.92 Å². The van der Waals surface area contributed by atoms with Crippen LogP contribution in [0.25, 0.3) is 0 Å². The molecule has 0 amide bonds. The zero-order chi connectivity index (χ0) is 13.5. The lowest BCUT2D eigenvalue weighted by molar-refractivity contribution is 0.448. The van der Waals surface area contributed by atoms with Crippen LogP contribution in [0.4, 0.5) is 0 Å². The number of allylic oxidation sites excluding steroid dienone is 2. The fourth-order valence-electron chi connectivity index (χ4n) is 2.40. The number of unbranched alkanes of at least 4 members (excludes halogenated alkanes) is 7. The van der Waals surface area contributed by atoms with Crippen molar-refractivity contribution in [3.05, 3.63) is 12.2 Å². The monoisotopic (exact) mass is 252 g/mol. The minimum Gasteiger partial charge on any atom is -0.0885 e. The van der Waals surface area contributed by atoms with Gasteiger partial charge in [-0.05, 0) is 31.6 Å². The normalized spacial score (nSPS) is 13.3. The molecule has 0 fully saturated rings. The highest BCUT2D eigenvalue weighted by Crippen LogP contribution is 2.16. The Morgan fingerprint density at radius 2 is 1.22 bits per heavy atom. The van der Waals surface area contributed by atoms with Crippen molar-refractivity contribution < 1.29 is 0 Å². The summed E-state index contributed by atoms with van der Waals surface area (Å²) in [5, 5.41) is 0. The fraction of sp³-hybridized carbons (Fsp3) is 0.889. The third-order valence-electron chi connectivity index (χ3n) is 3.76. The molecule has 0 saturated heterocycles. The Labute approximate surface area is 116 Å². The van der Waals surface area contributed by atoms with E-state index in [0.29, 0.717) is 0 Å². The first-order chi connectivity index (χ1) is 8.81. The van der Waals surface area contributed by atoms with Crippen molar-refractivity contribution in [2.45, 2.75) is 97.8 Å². The lowest BCUT2D eigenvalue weighted by Gasteiger charge is -2.09. The molecular formula is C18H36. The zero-order valence-electron chi connectivity index (χ0n) is 13.2. The van der Waals surface area contributed by atoms with Crippen molar-refractivity contribution in [2.24, 2.45) is 5.92 Å². The summed E-state index contributed by atoms with van der Waals surface area (Å²) in [5.41, 5.74) is 0. The first kappa shape index (κ1) is 17.7. The predicted molar refractivity (Wildman–Crippen MR) is 85.1 cm³/mol. The Kier molecular flexibility index (Phi) is 14.6. The van der Waals surface area contributed by atoms with Gasteiger partial charge in [0.15, 0.2) is 0 Å². The van der Waals surface area contributed by atoms with Crippen LogP contribution >= 0.6 is 0 Å². The van der Waals surface area contributed by atoms with Crippen molar-refractivity contribution >= 4 is 0 Å². The van der Waals surface area contributed by atoms with Crippen LogP contribution < -0.4 is 0 Å². The third kappa shape index (κ3) is 13.8. The summed E-state index contributed by atoms with van der Waals surface area (Å²) in [7, 11) is 0. The molecule has 0 saturated carbocycles. The standard InChI is InChI=1S/C18H36/c1-4-6-8-10-11-12-13-15-17-18(3)16-14-9-7-5-2/h11-12,18H,4-10,13-17H2,1-3H3/b12-11+. The van der Waals surface area contributed by atoms with Crippen LogP contribution in [0.2, 0.25) is 0 Å². The van der Waals surface area contributed by atoms with Crippen LogP contribution in [0.5, 0.6) is 0 Å². The van der Waals surface area contributed by atoms with Crippen LogP contribution in [0.1, 0.15) is 97.8 Å². The van der Waals surface area contributed by atoms with E-state index in [1.54, 1.807) is 0 Å². The maximum atomic E-state index is 2.43. The Morgan fingerprint density at radius 3 is 1.89 bits per heavy atom. The quantitative estimate of drug-likeness (QED) is 0.247. The van der Waals surface area contributed by atoms with E-state index in [4.69, 9.17) is 0 Å². The van der Waals surface area contributed by atoms with E-state index >= 15 is 0 Å². The first-order valence-electron chi connectivity index (χ1n) is 8.46. The number of rotatable bonds is 13. The van der Waals surface area contributed by atoms with Crippen LogP contribution in [0, 0.1) is 5.92 Å². The molecule has 0 nitrogen and oxygen atoms in total. The molecule has 0 aromatic heterocycles. The van der Waals surface area contributed by atoms with Crippen LogP contribution in [0.15, 0.2) is 12.2 Å². The lowest BCUT2D eigenvalue weighted by Crippen LogP contribution is -1.94. The van der Waals surface area contributed by atoms with Gasteiger partial charge in [0.25, 0.3) is 0 Å². The molecule has 0 radical (unpaired) electrons. The highest BCUT2D eigenvalue weighted by molar-refractivity contribution is 4.81. The molecule has 0 aromatic carbocycles. The minimum atomic E-state index is 0.940. The topological polar surface area (TPSA) is 0 Å².